The molecule has 5 heteroatoms. The molecule has 0 bridgehead atoms. The highest BCUT2D eigenvalue weighted by molar-refractivity contribution is 7.99. The molecule has 1 amide bonds. The van der Waals surface area contributed by atoms with E-state index in [9.17, 15) is 9.90 Å². The standard InChI is InChI=1S/C17H22N2O2S/c20-16(19-11-17(21)8-9-22-12-17)7-3-4-13-10-18-15-6-2-1-5-14(13)15/h1-2,5-6,10,18,21H,3-4,7-9,11-12H2,(H,19,20). The third-order valence-electron chi connectivity index (χ3n) is 4.22. The second-order valence-electron chi connectivity index (χ2n) is 6.02. The molecule has 118 valence electrons. The van der Waals surface area contributed by atoms with Crippen LogP contribution in [-0.4, -0.2) is 39.6 Å². The molecule has 1 aliphatic heterocycles. The van der Waals surface area contributed by atoms with Crippen LogP contribution in [0.4, 0.5) is 0 Å². The Morgan fingerprint density at radius 3 is 3.09 bits per heavy atom. The minimum Gasteiger partial charge on any atom is -0.387 e. The van der Waals surface area contributed by atoms with Crippen molar-refractivity contribution in [3.05, 3.63) is 36.0 Å². The molecular formula is C17H22N2O2S. The minimum absolute atomic E-state index is 0.0326. The molecule has 22 heavy (non-hydrogen) atoms. The molecule has 2 aromatic rings. The van der Waals surface area contributed by atoms with Crippen molar-refractivity contribution in [1.82, 2.24) is 10.3 Å². The number of para-hydroxylation sites is 1. The van der Waals surface area contributed by atoms with Crippen LogP contribution in [0.3, 0.4) is 0 Å². The zero-order valence-electron chi connectivity index (χ0n) is 12.6. The summed E-state index contributed by atoms with van der Waals surface area (Å²) < 4.78 is 0. The monoisotopic (exact) mass is 318 g/mol. The number of H-pyrrole nitrogens is 1. The first-order valence-corrected chi connectivity index (χ1v) is 8.94. The predicted octanol–water partition coefficient (Wildman–Crippen LogP) is 2.47. The van der Waals surface area contributed by atoms with Gasteiger partial charge in [-0.2, -0.15) is 11.8 Å². The summed E-state index contributed by atoms with van der Waals surface area (Å²) >= 11 is 1.75. The van der Waals surface area contributed by atoms with E-state index in [1.165, 1.54) is 10.9 Å². The Morgan fingerprint density at radius 1 is 1.41 bits per heavy atom. The topological polar surface area (TPSA) is 65.1 Å². The zero-order chi connectivity index (χ0) is 15.4. The predicted molar refractivity (Wildman–Crippen MR) is 91.1 cm³/mol. The van der Waals surface area contributed by atoms with E-state index in [1.807, 2.05) is 18.3 Å². The lowest BCUT2D eigenvalue weighted by Gasteiger charge is -2.21. The van der Waals surface area contributed by atoms with Gasteiger partial charge in [-0.25, -0.2) is 0 Å². The number of aliphatic hydroxyl groups is 1. The quantitative estimate of drug-likeness (QED) is 0.766. The third-order valence-corrected chi connectivity index (χ3v) is 5.46. The second-order valence-corrected chi connectivity index (χ2v) is 7.12. The molecule has 0 aliphatic carbocycles. The number of aromatic amines is 1. The lowest BCUT2D eigenvalue weighted by Crippen LogP contribution is -2.42. The van der Waals surface area contributed by atoms with E-state index in [1.54, 1.807) is 11.8 Å². The van der Waals surface area contributed by atoms with Gasteiger partial charge in [-0.1, -0.05) is 18.2 Å². The van der Waals surface area contributed by atoms with Crippen molar-refractivity contribution in [3.8, 4) is 0 Å². The van der Waals surface area contributed by atoms with E-state index in [4.69, 9.17) is 0 Å². The fraction of sp³-hybridized carbons (Fsp3) is 0.471. The maximum atomic E-state index is 11.9. The van der Waals surface area contributed by atoms with Crippen molar-refractivity contribution in [1.29, 1.82) is 0 Å². The SMILES string of the molecule is O=C(CCCc1c[nH]c2ccccc12)NCC1(O)CCSC1. The fourth-order valence-electron chi connectivity index (χ4n) is 2.87. The molecule has 1 aromatic heterocycles. The average Bonchev–Trinajstić information content (AvgIpc) is 3.13. The molecule has 1 atom stereocenters. The van der Waals surface area contributed by atoms with Crippen LogP contribution in [0.2, 0.25) is 0 Å². The lowest BCUT2D eigenvalue weighted by atomic mass is 10.0. The smallest absolute Gasteiger partial charge is 0.220 e. The number of benzene rings is 1. The van der Waals surface area contributed by atoms with Crippen molar-refractivity contribution in [2.75, 3.05) is 18.1 Å². The summed E-state index contributed by atoms with van der Waals surface area (Å²) in [6.07, 6.45) is 5.01. The molecule has 0 saturated carbocycles. The molecule has 2 heterocycles. The van der Waals surface area contributed by atoms with E-state index in [0.717, 1.165) is 36.3 Å². The summed E-state index contributed by atoms with van der Waals surface area (Å²) in [6.45, 7) is 0.381. The van der Waals surface area contributed by atoms with Crippen LogP contribution in [0.25, 0.3) is 10.9 Å². The molecular weight excluding hydrogens is 296 g/mol. The first kappa shape index (κ1) is 15.4. The zero-order valence-corrected chi connectivity index (χ0v) is 13.4. The number of carbonyl (C=O) groups is 1. The van der Waals surface area contributed by atoms with Crippen LogP contribution in [0.5, 0.6) is 0 Å². The number of fused-ring (bicyclic) bond motifs is 1. The Hall–Kier alpha value is -1.46. The van der Waals surface area contributed by atoms with Crippen molar-refractivity contribution in [2.24, 2.45) is 0 Å². The highest BCUT2D eigenvalue weighted by Gasteiger charge is 2.31. The van der Waals surface area contributed by atoms with Crippen LogP contribution >= 0.6 is 11.8 Å². The van der Waals surface area contributed by atoms with E-state index < -0.39 is 5.60 Å². The van der Waals surface area contributed by atoms with Gasteiger partial charge in [0, 0.05) is 35.8 Å². The van der Waals surface area contributed by atoms with Crippen LogP contribution in [-0.2, 0) is 11.2 Å². The van der Waals surface area contributed by atoms with Crippen LogP contribution in [0.15, 0.2) is 30.5 Å². The number of aryl methyl sites for hydroxylation is 1. The first-order chi connectivity index (χ1) is 10.7. The first-order valence-electron chi connectivity index (χ1n) is 7.78. The summed E-state index contributed by atoms with van der Waals surface area (Å²) in [5.41, 5.74) is 1.70. The molecule has 4 nitrogen and oxygen atoms in total. The number of hydrogen-bond donors (Lipinski definition) is 3. The molecule has 0 radical (unpaired) electrons. The Labute approximate surface area is 134 Å². The molecule has 1 aliphatic rings. The highest BCUT2D eigenvalue weighted by Crippen LogP contribution is 2.27. The van der Waals surface area contributed by atoms with Gasteiger partial charge < -0.3 is 15.4 Å². The molecule has 1 aromatic carbocycles. The van der Waals surface area contributed by atoms with Crippen molar-refractivity contribution < 1.29 is 9.90 Å². The van der Waals surface area contributed by atoms with Crippen LogP contribution < -0.4 is 5.32 Å². The van der Waals surface area contributed by atoms with Gasteiger partial charge in [-0.05, 0) is 36.6 Å². The van der Waals surface area contributed by atoms with Crippen molar-refractivity contribution in [2.45, 2.75) is 31.3 Å². The second kappa shape index (κ2) is 6.75. The molecule has 3 N–H and O–H groups in total. The van der Waals surface area contributed by atoms with Gasteiger partial charge >= 0.3 is 0 Å². The van der Waals surface area contributed by atoms with E-state index in [0.29, 0.717) is 13.0 Å². The van der Waals surface area contributed by atoms with Gasteiger partial charge in [0.25, 0.3) is 0 Å². The summed E-state index contributed by atoms with van der Waals surface area (Å²) in [4.78, 5) is 15.2. The molecule has 1 unspecified atom stereocenters. The summed E-state index contributed by atoms with van der Waals surface area (Å²) in [5.74, 6) is 1.74. The van der Waals surface area contributed by atoms with Gasteiger partial charge in [0.1, 0.15) is 0 Å². The number of amides is 1. The van der Waals surface area contributed by atoms with E-state index in [-0.39, 0.29) is 5.91 Å². The Balaban J connectivity index is 1.43. The highest BCUT2D eigenvalue weighted by atomic mass is 32.2. The number of rotatable bonds is 6. The average molecular weight is 318 g/mol. The number of aromatic nitrogens is 1. The number of hydrogen-bond acceptors (Lipinski definition) is 3. The van der Waals surface area contributed by atoms with Crippen molar-refractivity contribution >= 4 is 28.6 Å². The number of thioether (sulfide) groups is 1. The summed E-state index contributed by atoms with van der Waals surface area (Å²) in [7, 11) is 0. The molecule has 1 saturated heterocycles. The maximum absolute atomic E-state index is 11.9. The summed E-state index contributed by atoms with van der Waals surface area (Å²) in [6, 6.07) is 8.22. The minimum atomic E-state index is -0.697. The van der Waals surface area contributed by atoms with Crippen molar-refractivity contribution in [3.63, 3.8) is 0 Å². The Morgan fingerprint density at radius 2 is 2.27 bits per heavy atom. The van der Waals surface area contributed by atoms with Crippen LogP contribution in [0, 0.1) is 0 Å². The van der Waals surface area contributed by atoms with Gasteiger partial charge in [0.2, 0.25) is 5.91 Å². The van der Waals surface area contributed by atoms with E-state index >= 15 is 0 Å². The van der Waals surface area contributed by atoms with Gasteiger partial charge in [0.15, 0.2) is 0 Å². The number of nitrogens with one attached hydrogen (secondary N) is 2. The largest absolute Gasteiger partial charge is 0.387 e. The van der Waals surface area contributed by atoms with Gasteiger partial charge in [0.05, 0.1) is 5.60 Å². The Bertz CT molecular complexity index is 647. The van der Waals surface area contributed by atoms with E-state index in [2.05, 4.69) is 22.4 Å². The normalized spacial score (nSPS) is 21.3. The molecule has 3 rings (SSSR count). The number of carbonyl (C=O) groups excluding carboxylic acids is 1. The van der Waals surface area contributed by atoms with Gasteiger partial charge in [-0.3, -0.25) is 4.79 Å². The third kappa shape index (κ3) is 3.65. The summed E-state index contributed by atoms with van der Waals surface area (Å²) in [5, 5.41) is 14.3. The molecule has 0 spiro atoms. The fourth-order valence-corrected chi connectivity index (χ4v) is 4.16. The lowest BCUT2D eigenvalue weighted by molar-refractivity contribution is -0.122. The maximum Gasteiger partial charge on any atom is 0.220 e. The van der Waals surface area contributed by atoms with Crippen LogP contribution in [0.1, 0.15) is 24.8 Å². The Kier molecular flexibility index (Phi) is 4.74. The molecule has 1 fully saturated rings. The van der Waals surface area contributed by atoms with Gasteiger partial charge in [-0.15, -0.1) is 0 Å².